The first kappa shape index (κ1) is 19.9. The molecule has 0 saturated carbocycles. The van der Waals surface area contributed by atoms with Crippen molar-refractivity contribution < 1.29 is 14.0 Å². The second-order valence-electron chi connectivity index (χ2n) is 6.04. The monoisotopic (exact) mass is 365 g/mol. The van der Waals surface area contributed by atoms with Gasteiger partial charge in [-0.3, -0.25) is 9.59 Å². The normalized spacial score (nSPS) is 12.3. The summed E-state index contributed by atoms with van der Waals surface area (Å²) >= 11 is 0. The van der Waals surface area contributed by atoms with Crippen LogP contribution in [0.1, 0.15) is 41.3 Å². The zero-order valence-electron chi connectivity index (χ0n) is 15.9. The van der Waals surface area contributed by atoms with Crippen molar-refractivity contribution in [3.63, 3.8) is 0 Å². The summed E-state index contributed by atoms with van der Waals surface area (Å²) in [6, 6.07) is 10.9. The van der Waals surface area contributed by atoms with Crippen LogP contribution in [0.4, 0.5) is 0 Å². The number of carbonyl (C=O) groups is 2. The van der Waals surface area contributed by atoms with Crippen molar-refractivity contribution in [3.8, 4) is 0 Å². The minimum atomic E-state index is -0.376. The first-order chi connectivity index (χ1) is 12.9. The molecule has 2 amide bonds. The van der Waals surface area contributed by atoms with Gasteiger partial charge in [-0.05, 0) is 58.0 Å². The minimum Gasteiger partial charge on any atom is -0.460 e. The summed E-state index contributed by atoms with van der Waals surface area (Å²) in [5.74, 6) is 0.705. The molecule has 2 rings (SSSR count). The fourth-order valence-electron chi connectivity index (χ4n) is 2.25. The summed E-state index contributed by atoms with van der Waals surface area (Å²) in [5, 5.41) is 6.65. The fourth-order valence-corrected chi connectivity index (χ4v) is 2.25. The van der Waals surface area contributed by atoms with E-state index in [-0.39, 0.29) is 11.8 Å². The van der Waals surface area contributed by atoms with Gasteiger partial charge in [-0.1, -0.05) is 23.8 Å². The number of nitrogens with one attached hydrogen (secondary N) is 2. The molecule has 0 bridgehead atoms. The van der Waals surface area contributed by atoms with Crippen LogP contribution in [0.25, 0.3) is 0 Å². The maximum atomic E-state index is 12.3. The van der Waals surface area contributed by atoms with E-state index in [0.29, 0.717) is 22.6 Å². The van der Waals surface area contributed by atoms with Gasteiger partial charge in [0.05, 0.1) is 6.21 Å². The standard InChI is InChI=1S/C21H23N3O3/c1-5-18(23-21(26)17-8-6-7-14(2)11-17)12-15(3)20(25)24-22-13-19-10-9-16(4)27-19/h5-13H,1-4H3,(H,23,26)(H,24,25)/b15-12+,18-5+,22-13+. The van der Waals surface area contributed by atoms with Crippen LogP contribution in [0.15, 0.2) is 69.3 Å². The molecule has 6 nitrogen and oxygen atoms in total. The predicted octanol–water partition coefficient (Wildman–Crippen LogP) is 3.63. The van der Waals surface area contributed by atoms with E-state index in [0.717, 1.165) is 11.3 Å². The molecule has 140 valence electrons. The van der Waals surface area contributed by atoms with Gasteiger partial charge < -0.3 is 9.73 Å². The summed E-state index contributed by atoms with van der Waals surface area (Å²) in [4.78, 5) is 24.5. The second-order valence-corrected chi connectivity index (χ2v) is 6.04. The zero-order chi connectivity index (χ0) is 19.8. The topological polar surface area (TPSA) is 83.7 Å². The van der Waals surface area contributed by atoms with E-state index in [2.05, 4.69) is 15.8 Å². The number of benzene rings is 1. The predicted molar refractivity (Wildman–Crippen MR) is 105 cm³/mol. The Morgan fingerprint density at radius 2 is 1.93 bits per heavy atom. The first-order valence-corrected chi connectivity index (χ1v) is 8.51. The molecule has 27 heavy (non-hydrogen) atoms. The highest BCUT2D eigenvalue weighted by Gasteiger charge is 2.08. The van der Waals surface area contributed by atoms with Gasteiger partial charge in [-0.2, -0.15) is 5.10 Å². The van der Waals surface area contributed by atoms with Crippen LogP contribution in [0.2, 0.25) is 0 Å². The van der Waals surface area contributed by atoms with Crippen LogP contribution in [0.3, 0.4) is 0 Å². The minimum absolute atomic E-state index is 0.234. The average molecular weight is 365 g/mol. The largest absolute Gasteiger partial charge is 0.460 e. The van der Waals surface area contributed by atoms with Crippen LogP contribution >= 0.6 is 0 Å². The highest BCUT2D eigenvalue weighted by atomic mass is 16.3. The van der Waals surface area contributed by atoms with Crippen LogP contribution in [0.5, 0.6) is 0 Å². The van der Waals surface area contributed by atoms with Crippen molar-refractivity contribution >= 4 is 18.0 Å². The molecule has 0 saturated heterocycles. The SMILES string of the molecule is C/C=C(\C=C(/C)C(=O)N/N=C/c1ccc(C)o1)NC(=O)c1cccc(C)c1. The molecule has 0 aliphatic heterocycles. The molecule has 1 aromatic carbocycles. The highest BCUT2D eigenvalue weighted by molar-refractivity contribution is 5.97. The summed E-state index contributed by atoms with van der Waals surface area (Å²) in [6.07, 6.45) is 4.74. The van der Waals surface area contributed by atoms with Gasteiger partial charge in [-0.15, -0.1) is 0 Å². The van der Waals surface area contributed by atoms with Crippen LogP contribution in [-0.4, -0.2) is 18.0 Å². The molecule has 6 heteroatoms. The molecule has 1 heterocycles. The number of furan rings is 1. The van der Waals surface area contributed by atoms with Gasteiger partial charge >= 0.3 is 0 Å². The van der Waals surface area contributed by atoms with Crippen LogP contribution in [-0.2, 0) is 4.79 Å². The van der Waals surface area contributed by atoms with Gasteiger partial charge in [0.1, 0.15) is 11.5 Å². The zero-order valence-corrected chi connectivity index (χ0v) is 15.9. The van der Waals surface area contributed by atoms with Crippen molar-refractivity contribution in [2.24, 2.45) is 5.10 Å². The van der Waals surface area contributed by atoms with E-state index in [4.69, 9.17) is 4.42 Å². The summed E-state index contributed by atoms with van der Waals surface area (Å²) in [6.45, 7) is 7.17. The van der Waals surface area contributed by atoms with E-state index in [1.54, 1.807) is 44.2 Å². The number of carbonyl (C=O) groups excluding carboxylic acids is 2. The number of hydrogen-bond acceptors (Lipinski definition) is 4. The molecule has 0 aliphatic carbocycles. The van der Waals surface area contributed by atoms with Crippen LogP contribution < -0.4 is 10.7 Å². The van der Waals surface area contributed by atoms with Gasteiger partial charge in [0.25, 0.3) is 11.8 Å². The van der Waals surface area contributed by atoms with E-state index in [9.17, 15) is 9.59 Å². The van der Waals surface area contributed by atoms with E-state index in [1.807, 2.05) is 32.0 Å². The third kappa shape index (κ3) is 6.11. The molecule has 1 aromatic heterocycles. The third-order valence-corrected chi connectivity index (χ3v) is 3.70. The Labute approximate surface area is 158 Å². The first-order valence-electron chi connectivity index (χ1n) is 8.51. The maximum absolute atomic E-state index is 12.3. The van der Waals surface area contributed by atoms with Gasteiger partial charge in [0.15, 0.2) is 0 Å². The number of amides is 2. The van der Waals surface area contributed by atoms with Crippen LogP contribution in [0, 0.1) is 13.8 Å². The Bertz CT molecular complexity index is 920. The third-order valence-electron chi connectivity index (χ3n) is 3.70. The number of rotatable bonds is 6. The van der Waals surface area contributed by atoms with Crippen molar-refractivity contribution in [1.29, 1.82) is 0 Å². The number of nitrogens with zero attached hydrogens (tertiary/aromatic N) is 1. The lowest BCUT2D eigenvalue weighted by Crippen LogP contribution is -2.23. The number of allylic oxidation sites excluding steroid dienone is 2. The highest BCUT2D eigenvalue weighted by Crippen LogP contribution is 2.07. The summed E-state index contributed by atoms with van der Waals surface area (Å²) in [7, 11) is 0. The number of hydrogen-bond donors (Lipinski definition) is 2. The average Bonchev–Trinajstić information content (AvgIpc) is 3.05. The van der Waals surface area contributed by atoms with E-state index in [1.165, 1.54) is 6.21 Å². The van der Waals surface area contributed by atoms with E-state index >= 15 is 0 Å². The summed E-state index contributed by atoms with van der Waals surface area (Å²) in [5.41, 5.74) is 4.91. The summed E-state index contributed by atoms with van der Waals surface area (Å²) < 4.78 is 5.33. The molecule has 0 radical (unpaired) electrons. The second kappa shape index (κ2) is 9.33. The lowest BCUT2D eigenvalue weighted by Gasteiger charge is -2.08. The number of hydrazone groups is 1. The molecule has 0 unspecified atom stereocenters. The quantitative estimate of drug-likeness (QED) is 0.355. The van der Waals surface area contributed by atoms with Crippen molar-refractivity contribution in [2.75, 3.05) is 0 Å². The Morgan fingerprint density at radius 1 is 1.15 bits per heavy atom. The molecule has 2 N–H and O–H groups in total. The maximum Gasteiger partial charge on any atom is 0.267 e. The Hall–Kier alpha value is -3.41. The smallest absolute Gasteiger partial charge is 0.267 e. The molecule has 0 atom stereocenters. The molecule has 0 fully saturated rings. The van der Waals surface area contributed by atoms with Gasteiger partial charge in [0, 0.05) is 16.8 Å². The molecular formula is C21H23N3O3. The Morgan fingerprint density at radius 3 is 2.56 bits per heavy atom. The molecule has 2 aromatic rings. The van der Waals surface area contributed by atoms with Crippen molar-refractivity contribution in [3.05, 3.63) is 82.5 Å². The number of aryl methyl sites for hydroxylation is 2. The molecular weight excluding hydrogens is 342 g/mol. The van der Waals surface area contributed by atoms with Gasteiger partial charge in [-0.25, -0.2) is 5.43 Å². The van der Waals surface area contributed by atoms with Crippen molar-refractivity contribution in [1.82, 2.24) is 10.7 Å². The van der Waals surface area contributed by atoms with E-state index < -0.39 is 0 Å². The fraction of sp³-hybridized carbons (Fsp3) is 0.190. The van der Waals surface area contributed by atoms with Gasteiger partial charge in [0.2, 0.25) is 0 Å². The van der Waals surface area contributed by atoms with Crippen molar-refractivity contribution in [2.45, 2.75) is 27.7 Å². The molecule has 0 spiro atoms. The Kier molecular flexibility index (Phi) is 6.88. The molecule has 0 aliphatic rings. The lowest BCUT2D eigenvalue weighted by atomic mass is 10.1. The lowest BCUT2D eigenvalue weighted by molar-refractivity contribution is -0.117. The Balaban J connectivity index is 1.98.